The molecule has 4 fully saturated rings. The Morgan fingerprint density at radius 1 is 0.306 bits per heavy atom. The van der Waals surface area contributed by atoms with Gasteiger partial charge in [0.2, 0.25) is 0 Å². The summed E-state index contributed by atoms with van der Waals surface area (Å²) in [6, 6.07) is 0. The van der Waals surface area contributed by atoms with E-state index in [0.717, 1.165) is 212 Å². The Morgan fingerprint density at radius 2 is 0.571 bits per heavy atom. The smallest absolute Gasteiger partial charge is 0.306 e. The molecule has 0 spiro atoms. The van der Waals surface area contributed by atoms with Gasteiger partial charge in [-0.2, -0.15) is 0 Å². The zero-order valence-corrected chi connectivity index (χ0v) is 62.7. The van der Waals surface area contributed by atoms with Gasteiger partial charge in [-0.3, -0.25) is 19.2 Å². The van der Waals surface area contributed by atoms with E-state index in [1.54, 1.807) is 0 Å². The Labute approximate surface area is 594 Å². The lowest BCUT2D eigenvalue weighted by Gasteiger charge is -2.15. The number of esters is 4. The molecule has 0 bridgehead atoms. The Balaban J connectivity index is 0.000000550. The van der Waals surface area contributed by atoms with Gasteiger partial charge in [-0.25, -0.2) is 0 Å². The lowest BCUT2D eigenvalue weighted by Crippen LogP contribution is -2.28. The minimum absolute atomic E-state index is 0.104. The summed E-state index contributed by atoms with van der Waals surface area (Å²) in [6.45, 7) is 7.78. The Morgan fingerprint density at radius 3 is 0.857 bits per heavy atom. The van der Waals surface area contributed by atoms with E-state index in [-0.39, 0.29) is 86.4 Å². The summed E-state index contributed by atoms with van der Waals surface area (Å²) in [6.07, 6.45) is 52.0. The van der Waals surface area contributed by atoms with Gasteiger partial charge in [-0.1, -0.05) is 233 Å². The Bertz CT molecular complexity index is 1880. The van der Waals surface area contributed by atoms with Crippen molar-refractivity contribution in [3.8, 4) is 0 Å². The molecule has 7 N–H and O–H groups in total. The van der Waals surface area contributed by atoms with Gasteiger partial charge < -0.3 is 73.6 Å². The number of rotatable bonds is 67. The number of hydrogen-bond donors (Lipinski definition) is 7. The van der Waals surface area contributed by atoms with Crippen LogP contribution in [-0.2, 0) is 57.1 Å². The van der Waals surface area contributed by atoms with Crippen LogP contribution in [0, 0.1) is 0 Å². The molecule has 4 aliphatic rings. The lowest BCUT2D eigenvalue weighted by atomic mass is 10.0. The van der Waals surface area contributed by atoms with Crippen molar-refractivity contribution in [3.05, 3.63) is 0 Å². The number of unbranched alkanes of at least 4 members (excludes halogenated alkanes) is 28. The first kappa shape index (κ1) is 91.5. The van der Waals surface area contributed by atoms with Crippen molar-refractivity contribution in [1.29, 1.82) is 0 Å². The van der Waals surface area contributed by atoms with E-state index >= 15 is 0 Å². The van der Waals surface area contributed by atoms with Crippen molar-refractivity contribution in [2.75, 3.05) is 33.5 Å². The summed E-state index contributed by atoms with van der Waals surface area (Å²) in [7, 11) is 1.44. The van der Waals surface area contributed by atoms with Crippen LogP contribution >= 0.6 is 0 Å². The number of methoxy groups -OCH3 is 1. The predicted octanol–water partition coefficient (Wildman–Crippen LogP) is 15.4. The molecule has 4 rings (SSSR count). The van der Waals surface area contributed by atoms with Crippen LogP contribution in [0.5, 0.6) is 0 Å². The van der Waals surface area contributed by atoms with Crippen molar-refractivity contribution in [1.82, 2.24) is 0 Å². The molecule has 0 radical (unpaired) electrons. The molecule has 14 unspecified atom stereocenters. The van der Waals surface area contributed by atoms with Gasteiger partial charge in [-0.15, -0.1) is 0 Å². The molecule has 0 amide bonds. The molecule has 578 valence electrons. The van der Waals surface area contributed by atoms with Crippen molar-refractivity contribution in [2.24, 2.45) is 0 Å². The molecule has 0 aromatic heterocycles. The summed E-state index contributed by atoms with van der Waals surface area (Å²) < 4.78 is 42.9. The average molecular weight is 1400 g/mol. The lowest BCUT2D eigenvalue weighted by molar-refractivity contribution is -0.161. The third-order valence-corrected chi connectivity index (χ3v) is 19.6. The Hall–Kier alpha value is -2.56. The van der Waals surface area contributed by atoms with E-state index in [1.165, 1.54) is 103 Å². The quantitative estimate of drug-likeness (QED) is 0.0129. The maximum absolute atomic E-state index is 12.2. The predicted molar refractivity (Wildman–Crippen MR) is 385 cm³/mol. The Kier molecular flexibility index (Phi) is 57.8. The van der Waals surface area contributed by atoms with Crippen LogP contribution < -0.4 is 0 Å². The van der Waals surface area contributed by atoms with Gasteiger partial charge in [0.1, 0.15) is 19.3 Å². The van der Waals surface area contributed by atoms with E-state index in [0.29, 0.717) is 56.2 Å². The van der Waals surface area contributed by atoms with E-state index in [4.69, 9.17) is 43.4 Å². The summed E-state index contributed by atoms with van der Waals surface area (Å²) in [5, 5.41) is 67.7. The molecular formula is C79H148O19. The topological polar surface area (TPSA) is 297 Å². The maximum atomic E-state index is 12.2. The standard InChI is InChI=1S/C39H72O9.C21H40O6.C19H36O4/c1-3-5-7-15-21-31(41)27-36-34(47-36)23-17-11-9-13-19-25-38(43)45-30-33(29-40)46-39(44)26-20-14-10-12-18-24-35-37(48-35)28-32(42)22-16-8-6-4-2;1-2-3-4-8-11-17(23)14-20-19(27-20)12-9-6-5-7-10-13-21(25)26-16-18(24)15-22;1-3-4-5-9-12-16(20)15-18-17(23-18)13-10-7-6-8-11-14-19(21)22-2/h31-37,40-42H,3-30H2,1-2H3;17-20,22-24H,2-16H2,1H3;16-18,20H,3-15H2,1-2H3. The van der Waals surface area contributed by atoms with Gasteiger partial charge in [0.15, 0.2) is 6.10 Å². The first-order valence-electron chi connectivity index (χ1n) is 40.4. The first-order valence-corrected chi connectivity index (χ1v) is 40.4. The number of epoxide rings is 4. The van der Waals surface area contributed by atoms with E-state index in [9.17, 15) is 44.7 Å². The molecule has 0 aliphatic carbocycles. The number of carbonyl (C=O) groups excluding carboxylic acids is 4. The molecule has 0 aromatic rings. The minimum Gasteiger partial charge on any atom is -0.469 e. The third-order valence-electron chi connectivity index (χ3n) is 19.6. The van der Waals surface area contributed by atoms with Gasteiger partial charge in [0.05, 0.1) is 93.6 Å². The second kappa shape index (κ2) is 61.9. The molecule has 19 nitrogen and oxygen atoms in total. The first-order chi connectivity index (χ1) is 47.6. The SMILES string of the molecule is CCCCCCC(O)CC1OC1CCCCCCCC(=O)OC.CCCCCCC(O)CC1OC1CCCCCCCC(=O)OCC(CO)OC(=O)CCCCCCCC1OC1CC(O)CCCCCC.CCCCCCC(O)CC1OC1CCCCCCCC(=O)OCC(O)CO. The highest BCUT2D eigenvalue weighted by Gasteiger charge is 2.41. The normalized spacial score (nSPS) is 21.5. The summed E-state index contributed by atoms with van der Waals surface area (Å²) >= 11 is 0. The molecule has 4 heterocycles. The fourth-order valence-corrected chi connectivity index (χ4v) is 13.0. The second-order valence-corrected chi connectivity index (χ2v) is 29.1. The van der Waals surface area contributed by atoms with Crippen molar-refractivity contribution < 1.29 is 92.8 Å². The van der Waals surface area contributed by atoms with E-state index in [2.05, 4.69) is 32.4 Å². The van der Waals surface area contributed by atoms with Crippen LogP contribution in [0.15, 0.2) is 0 Å². The molecule has 98 heavy (non-hydrogen) atoms. The van der Waals surface area contributed by atoms with Gasteiger partial charge >= 0.3 is 23.9 Å². The molecule has 0 saturated carbocycles. The third kappa shape index (κ3) is 54.1. The molecule has 0 aromatic carbocycles. The van der Waals surface area contributed by atoms with E-state index in [1.807, 2.05) is 0 Å². The van der Waals surface area contributed by atoms with Crippen LogP contribution in [0.25, 0.3) is 0 Å². The van der Waals surface area contributed by atoms with Gasteiger partial charge in [-0.05, 0) is 77.0 Å². The largest absolute Gasteiger partial charge is 0.469 e. The second-order valence-electron chi connectivity index (χ2n) is 29.1. The zero-order valence-electron chi connectivity index (χ0n) is 62.7. The molecule has 4 aliphatic heterocycles. The highest BCUT2D eigenvalue weighted by Crippen LogP contribution is 2.36. The van der Waals surface area contributed by atoms with Crippen LogP contribution in [0.3, 0.4) is 0 Å². The number of aliphatic hydroxyl groups is 7. The number of ether oxygens (including phenoxy) is 8. The van der Waals surface area contributed by atoms with Crippen molar-refractivity contribution in [2.45, 2.75) is 447 Å². The van der Waals surface area contributed by atoms with Crippen LogP contribution in [0.2, 0.25) is 0 Å². The highest BCUT2D eigenvalue weighted by molar-refractivity contribution is 5.70. The van der Waals surface area contributed by atoms with Crippen LogP contribution in [0.1, 0.15) is 362 Å². The van der Waals surface area contributed by atoms with Gasteiger partial charge in [0, 0.05) is 51.4 Å². The summed E-state index contributed by atoms with van der Waals surface area (Å²) in [5.74, 6) is -1.11. The molecule has 4 saturated heterocycles. The fraction of sp³-hybridized carbons (Fsp3) is 0.949. The zero-order chi connectivity index (χ0) is 71.6. The number of hydrogen-bond acceptors (Lipinski definition) is 19. The van der Waals surface area contributed by atoms with Crippen molar-refractivity contribution >= 4 is 23.9 Å². The van der Waals surface area contributed by atoms with E-state index < -0.39 is 18.8 Å². The summed E-state index contributed by atoms with van der Waals surface area (Å²) in [5.41, 5.74) is 0. The maximum Gasteiger partial charge on any atom is 0.306 e. The minimum atomic E-state index is -0.982. The van der Waals surface area contributed by atoms with Crippen LogP contribution in [-0.4, -0.2) is 179 Å². The number of aliphatic hydroxyl groups excluding tert-OH is 7. The van der Waals surface area contributed by atoms with Crippen molar-refractivity contribution in [3.63, 3.8) is 0 Å². The monoisotopic (exact) mass is 1400 g/mol. The highest BCUT2D eigenvalue weighted by atomic mass is 16.6. The molecule has 14 atom stereocenters. The fourth-order valence-electron chi connectivity index (χ4n) is 13.0. The average Bonchev–Trinajstić information content (AvgIpc) is 1.77. The molecule has 19 heteroatoms. The van der Waals surface area contributed by atoms with Crippen LogP contribution in [0.4, 0.5) is 0 Å². The van der Waals surface area contributed by atoms with Gasteiger partial charge in [0.25, 0.3) is 0 Å². The number of carbonyl (C=O) groups is 4. The summed E-state index contributed by atoms with van der Waals surface area (Å²) in [4.78, 5) is 46.7. The molecular weight excluding hydrogens is 1250 g/mol.